The van der Waals surface area contributed by atoms with Gasteiger partial charge in [-0.15, -0.1) is 0 Å². The van der Waals surface area contributed by atoms with Crippen molar-refractivity contribution < 1.29 is 4.92 Å². The van der Waals surface area contributed by atoms with Gasteiger partial charge in [0.05, 0.1) is 4.92 Å². The second-order valence-electron chi connectivity index (χ2n) is 1.83. The first kappa shape index (κ1) is 8.68. The predicted molar refractivity (Wildman–Crippen MR) is 38.7 cm³/mol. The lowest BCUT2D eigenvalue weighted by Crippen LogP contribution is -1.98. The number of nitrogens with two attached hydrogens (primary N) is 1. The first-order valence-electron chi connectivity index (χ1n) is 2.82. The van der Waals surface area contributed by atoms with Gasteiger partial charge in [-0.1, -0.05) is 6.08 Å². The summed E-state index contributed by atoms with van der Waals surface area (Å²) in [6.07, 6.45) is 2.92. The topological polar surface area (TPSA) is 69.2 Å². The van der Waals surface area contributed by atoms with Crippen LogP contribution in [0.3, 0.4) is 0 Å². The number of nitro groups is 1. The van der Waals surface area contributed by atoms with E-state index in [0.717, 1.165) is 0 Å². The van der Waals surface area contributed by atoms with E-state index in [-0.39, 0.29) is 5.70 Å². The molecule has 0 spiro atoms. The number of hydrogen-bond donors (Lipinski definition) is 1. The summed E-state index contributed by atoms with van der Waals surface area (Å²) in [7, 11) is 0. The Bertz CT molecular complexity index is 194. The summed E-state index contributed by atoms with van der Waals surface area (Å²) in [6, 6.07) is 0. The summed E-state index contributed by atoms with van der Waals surface area (Å²) in [5, 5.41) is 10.0. The maximum atomic E-state index is 10.0. The van der Waals surface area contributed by atoms with Gasteiger partial charge in [-0.05, 0) is 6.92 Å². The summed E-state index contributed by atoms with van der Waals surface area (Å²) in [6.45, 7) is 3.12. The first-order chi connectivity index (χ1) is 4.57. The van der Waals surface area contributed by atoms with Gasteiger partial charge in [0.25, 0.3) is 0 Å². The predicted octanol–water partition coefficient (Wildman–Crippen LogP) is 1.03. The normalized spacial score (nSPS) is 13.4. The number of hydrogen-bond acceptors (Lipinski definition) is 3. The standard InChI is InChI=1S/C6H10N2O2/c1-3-6(7)4-5(2)8(9)10/h3-4H,7H2,1-2H3/b5-4+,6-3+. The molecule has 0 aromatic heterocycles. The molecular weight excluding hydrogens is 132 g/mol. The second-order valence-corrected chi connectivity index (χ2v) is 1.83. The van der Waals surface area contributed by atoms with Crippen molar-refractivity contribution in [3.8, 4) is 0 Å². The van der Waals surface area contributed by atoms with E-state index in [0.29, 0.717) is 5.70 Å². The molecule has 4 heteroatoms. The maximum Gasteiger partial charge on any atom is 0.245 e. The summed E-state index contributed by atoms with van der Waals surface area (Å²) in [4.78, 5) is 9.53. The van der Waals surface area contributed by atoms with Crippen LogP contribution in [-0.4, -0.2) is 4.92 Å². The molecule has 2 N–H and O–H groups in total. The summed E-state index contributed by atoms with van der Waals surface area (Å²) in [5.41, 5.74) is 5.75. The molecule has 0 radical (unpaired) electrons. The third kappa shape index (κ3) is 2.86. The molecule has 0 heterocycles. The van der Waals surface area contributed by atoms with Crippen LogP contribution in [0.5, 0.6) is 0 Å². The van der Waals surface area contributed by atoms with Crippen LogP contribution in [0.2, 0.25) is 0 Å². The minimum atomic E-state index is -0.476. The van der Waals surface area contributed by atoms with E-state index >= 15 is 0 Å². The van der Waals surface area contributed by atoms with Crippen LogP contribution in [0.4, 0.5) is 0 Å². The van der Waals surface area contributed by atoms with E-state index in [9.17, 15) is 10.1 Å². The monoisotopic (exact) mass is 142 g/mol. The molecule has 0 aromatic carbocycles. The molecule has 0 aliphatic rings. The molecule has 0 saturated heterocycles. The number of rotatable bonds is 2. The van der Waals surface area contributed by atoms with Gasteiger partial charge in [0, 0.05) is 18.7 Å². The molecule has 0 fully saturated rings. The molecule has 0 saturated carbocycles. The highest BCUT2D eigenvalue weighted by molar-refractivity contribution is 5.15. The van der Waals surface area contributed by atoms with Crippen molar-refractivity contribution in [1.29, 1.82) is 0 Å². The Hall–Kier alpha value is -1.32. The van der Waals surface area contributed by atoms with Crippen LogP contribution in [-0.2, 0) is 0 Å². The Labute approximate surface area is 59.2 Å². The molecule has 0 atom stereocenters. The molecule has 0 aliphatic carbocycles. The Kier molecular flexibility index (Phi) is 3.17. The highest BCUT2D eigenvalue weighted by Crippen LogP contribution is 1.96. The van der Waals surface area contributed by atoms with Crippen molar-refractivity contribution in [2.45, 2.75) is 13.8 Å². The lowest BCUT2D eigenvalue weighted by molar-refractivity contribution is -0.424. The van der Waals surface area contributed by atoms with Gasteiger partial charge in [0.15, 0.2) is 0 Å². The Morgan fingerprint density at radius 3 is 2.50 bits per heavy atom. The zero-order valence-corrected chi connectivity index (χ0v) is 6.00. The van der Waals surface area contributed by atoms with Crippen LogP contribution in [0, 0.1) is 10.1 Å². The second kappa shape index (κ2) is 3.66. The summed E-state index contributed by atoms with van der Waals surface area (Å²) >= 11 is 0. The van der Waals surface area contributed by atoms with Crippen LogP contribution < -0.4 is 5.73 Å². The van der Waals surface area contributed by atoms with Crippen molar-refractivity contribution in [2.24, 2.45) is 5.73 Å². The van der Waals surface area contributed by atoms with Crippen molar-refractivity contribution in [2.75, 3.05) is 0 Å². The van der Waals surface area contributed by atoms with Gasteiger partial charge >= 0.3 is 0 Å². The van der Waals surface area contributed by atoms with Crippen LogP contribution >= 0.6 is 0 Å². The Morgan fingerprint density at radius 1 is 1.70 bits per heavy atom. The van der Waals surface area contributed by atoms with Gasteiger partial charge in [0.2, 0.25) is 5.70 Å². The van der Waals surface area contributed by atoms with E-state index in [1.807, 2.05) is 0 Å². The molecule has 56 valence electrons. The molecule has 0 amide bonds. The number of allylic oxidation sites excluding steroid dienone is 3. The third-order valence-electron chi connectivity index (χ3n) is 0.997. The van der Waals surface area contributed by atoms with Gasteiger partial charge in [0.1, 0.15) is 0 Å². The highest BCUT2D eigenvalue weighted by atomic mass is 16.6. The van der Waals surface area contributed by atoms with E-state index in [1.165, 1.54) is 13.0 Å². The van der Waals surface area contributed by atoms with Gasteiger partial charge in [-0.3, -0.25) is 10.1 Å². The molecule has 0 bridgehead atoms. The zero-order valence-electron chi connectivity index (χ0n) is 6.00. The average Bonchev–Trinajstić information content (AvgIpc) is 1.87. The van der Waals surface area contributed by atoms with Crippen molar-refractivity contribution >= 4 is 0 Å². The first-order valence-corrected chi connectivity index (χ1v) is 2.82. The lowest BCUT2D eigenvalue weighted by atomic mass is 10.3. The minimum Gasteiger partial charge on any atom is -0.399 e. The lowest BCUT2D eigenvalue weighted by Gasteiger charge is -1.89. The van der Waals surface area contributed by atoms with Crippen LogP contribution in [0.25, 0.3) is 0 Å². The molecule has 0 aliphatic heterocycles. The fourth-order valence-corrected chi connectivity index (χ4v) is 0.377. The number of nitrogens with zero attached hydrogens (tertiary/aromatic N) is 1. The van der Waals surface area contributed by atoms with Crippen molar-refractivity contribution in [3.63, 3.8) is 0 Å². The molecule has 10 heavy (non-hydrogen) atoms. The van der Waals surface area contributed by atoms with E-state index < -0.39 is 4.92 Å². The van der Waals surface area contributed by atoms with Crippen LogP contribution in [0.1, 0.15) is 13.8 Å². The Balaban J connectivity index is 4.31. The largest absolute Gasteiger partial charge is 0.399 e. The molecule has 0 unspecified atom stereocenters. The Morgan fingerprint density at radius 2 is 2.20 bits per heavy atom. The van der Waals surface area contributed by atoms with Gasteiger partial charge in [-0.2, -0.15) is 0 Å². The van der Waals surface area contributed by atoms with Gasteiger partial charge in [-0.25, -0.2) is 0 Å². The highest BCUT2D eigenvalue weighted by Gasteiger charge is 1.99. The molecule has 0 rings (SSSR count). The maximum absolute atomic E-state index is 10.0. The molecule has 4 nitrogen and oxygen atoms in total. The van der Waals surface area contributed by atoms with Crippen molar-refractivity contribution in [1.82, 2.24) is 0 Å². The van der Waals surface area contributed by atoms with E-state index in [2.05, 4.69) is 0 Å². The van der Waals surface area contributed by atoms with Crippen LogP contribution in [0.15, 0.2) is 23.5 Å². The van der Waals surface area contributed by atoms with Gasteiger partial charge < -0.3 is 5.73 Å². The summed E-state index contributed by atoms with van der Waals surface area (Å²) in [5.74, 6) is 0. The smallest absolute Gasteiger partial charge is 0.245 e. The SMILES string of the molecule is C/C=C(N)\C=C(/C)[N+](=O)[O-]. The molecular formula is C6H10N2O2. The quantitative estimate of drug-likeness (QED) is 0.355. The fourth-order valence-electron chi connectivity index (χ4n) is 0.377. The van der Waals surface area contributed by atoms with Crippen molar-refractivity contribution in [3.05, 3.63) is 33.7 Å². The summed E-state index contributed by atoms with van der Waals surface area (Å²) < 4.78 is 0. The fraction of sp³-hybridized carbons (Fsp3) is 0.333. The van der Waals surface area contributed by atoms with E-state index in [1.54, 1.807) is 13.0 Å². The molecule has 0 aromatic rings. The van der Waals surface area contributed by atoms with E-state index in [4.69, 9.17) is 5.73 Å². The zero-order chi connectivity index (χ0) is 8.15. The minimum absolute atomic E-state index is 0.0515. The third-order valence-corrected chi connectivity index (χ3v) is 0.997. The average molecular weight is 142 g/mol.